The van der Waals surface area contributed by atoms with E-state index in [0.717, 1.165) is 31.2 Å². The summed E-state index contributed by atoms with van der Waals surface area (Å²) in [5.74, 6) is -0.955. The largest absolute Gasteiger partial charge is 0.458 e. The molecule has 0 radical (unpaired) electrons. The van der Waals surface area contributed by atoms with E-state index in [1.54, 1.807) is 12.1 Å². The lowest BCUT2D eigenvalue weighted by Crippen LogP contribution is -2.42. The molecule has 1 saturated heterocycles. The summed E-state index contributed by atoms with van der Waals surface area (Å²) >= 11 is 0. The van der Waals surface area contributed by atoms with Gasteiger partial charge in [-0.1, -0.05) is 12.1 Å². The first-order valence-electron chi connectivity index (χ1n) is 7.91. The molecule has 3 N–H and O–H groups in total. The fraction of sp³-hybridized carbons (Fsp3) is 0.500. The zero-order valence-electron chi connectivity index (χ0n) is 13.2. The number of esters is 1. The number of nitrogens with one attached hydrogen (secondary N) is 1. The SMILES string of the molecule is NS(=O)(=O)c1ccc(CNC(=O)C2CC(=O)OC23CCCC3)cc1. The Morgan fingerprint density at radius 3 is 2.46 bits per heavy atom. The van der Waals surface area contributed by atoms with Crippen LogP contribution in [0.25, 0.3) is 0 Å². The van der Waals surface area contributed by atoms with Gasteiger partial charge >= 0.3 is 5.97 Å². The highest BCUT2D eigenvalue weighted by molar-refractivity contribution is 7.89. The molecule has 130 valence electrons. The van der Waals surface area contributed by atoms with Crippen LogP contribution in [0.1, 0.15) is 37.7 Å². The number of rotatable bonds is 4. The molecule has 1 aliphatic heterocycles. The number of amides is 1. The Kier molecular flexibility index (Phi) is 4.35. The molecule has 1 spiro atoms. The monoisotopic (exact) mass is 352 g/mol. The Morgan fingerprint density at radius 1 is 1.25 bits per heavy atom. The van der Waals surface area contributed by atoms with E-state index in [1.807, 2.05) is 0 Å². The van der Waals surface area contributed by atoms with Crippen molar-refractivity contribution in [2.45, 2.75) is 49.1 Å². The summed E-state index contributed by atoms with van der Waals surface area (Å²) in [6, 6.07) is 6.00. The quantitative estimate of drug-likeness (QED) is 0.779. The maximum atomic E-state index is 12.5. The van der Waals surface area contributed by atoms with Crippen molar-refractivity contribution in [3.63, 3.8) is 0 Å². The summed E-state index contributed by atoms with van der Waals surface area (Å²) < 4.78 is 27.9. The summed E-state index contributed by atoms with van der Waals surface area (Å²) in [5.41, 5.74) is 0.125. The lowest BCUT2D eigenvalue weighted by Gasteiger charge is -2.27. The van der Waals surface area contributed by atoms with Crippen molar-refractivity contribution in [1.29, 1.82) is 0 Å². The predicted octanol–water partition coefficient (Wildman–Crippen LogP) is 0.826. The van der Waals surface area contributed by atoms with Crippen molar-refractivity contribution in [1.82, 2.24) is 5.32 Å². The van der Waals surface area contributed by atoms with Gasteiger partial charge < -0.3 is 10.1 Å². The molecule has 1 amide bonds. The van der Waals surface area contributed by atoms with E-state index < -0.39 is 21.5 Å². The highest BCUT2D eigenvalue weighted by Crippen LogP contribution is 2.45. The number of hydrogen-bond acceptors (Lipinski definition) is 5. The minimum Gasteiger partial charge on any atom is -0.458 e. The molecule has 8 heteroatoms. The minimum atomic E-state index is -3.73. The van der Waals surface area contributed by atoms with Gasteiger partial charge in [0.2, 0.25) is 15.9 Å². The number of ether oxygens (including phenoxy) is 1. The predicted molar refractivity (Wildman–Crippen MR) is 85.1 cm³/mol. The summed E-state index contributed by atoms with van der Waals surface area (Å²) in [6.07, 6.45) is 3.52. The van der Waals surface area contributed by atoms with Gasteiger partial charge in [-0.2, -0.15) is 0 Å². The Bertz CT molecular complexity index is 751. The van der Waals surface area contributed by atoms with E-state index >= 15 is 0 Å². The molecular weight excluding hydrogens is 332 g/mol. The second-order valence-electron chi connectivity index (χ2n) is 6.41. The van der Waals surface area contributed by atoms with Crippen LogP contribution in [0.5, 0.6) is 0 Å². The molecule has 7 nitrogen and oxygen atoms in total. The highest BCUT2D eigenvalue weighted by Gasteiger charge is 2.53. The number of benzene rings is 1. The second kappa shape index (κ2) is 6.18. The number of carbonyl (C=O) groups is 2. The normalized spacial score (nSPS) is 22.5. The smallest absolute Gasteiger partial charge is 0.307 e. The van der Waals surface area contributed by atoms with Gasteiger partial charge in [0.25, 0.3) is 0 Å². The summed E-state index contributed by atoms with van der Waals surface area (Å²) in [6.45, 7) is 0.254. The van der Waals surface area contributed by atoms with Gasteiger partial charge in [-0.15, -0.1) is 0 Å². The summed E-state index contributed by atoms with van der Waals surface area (Å²) in [4.78, 5) is 24.2. The van der Waals surface area contributed by atoms with Gasteiger partial charge in [0.1, 0.15) is 5.60 Å². The van der Waals surface area contributed by atoms with Crippen molar-refractivity contribution in [3.8, 4) is 0 Å². The van der Waals surface area contributed by atoms with Gasteiger partial charge in [-0.05, 0) is 43.4 Å². The maximum absolute atomic E-state index is 12.5. The first kappa shape index (κ1) is 16.9. The highest BCUT2D eigenvalue weighted by atomic mass is 32.2. The first-order valence-corrected chi connectivity index (χ1v) is 9.46. The molecule has 1 aromatic rings. The van der Waals surface area contributed by atoms with Crippen molar-refractivity contribution in [2.75, 3.05) is 0 Å². The number of primary sulfonamides is 1. The number of carbonyl (C=O) groups excluding carboxylic acids is 2. The fourth-order valence-electron chi connectivity index (χ4n) is 3.56. The van der Waals surface area contributed by atoms with Gasteiger partial charge in [0.05, 0.1) is 17.2 Å². The Hall–Kier alpha value is -1.93. The van der Waals surface area contributed by atoms with Crippen LogP contribution in [0.4, 0.5) is 0 Å². The average Bonchev–Trinajstić information content (AvgIpc) is 3.12. The fourth-order valence-corrected chi connectivity index (χ4v) is 4.07. The van der Waals surface area contributed by atoms with E-state index in [9.17, 15) is 18.0 Å². The number of nitrogens with two attached hydrogens (primary N) is 1. The van der Waals surface area contributed by atoms with Crippen LogP contribution in [0, 0.1) is 5.92 Å². The van der Waals surface area contributed by atoms with Crippen LogP contribution in [0.3, 0.4) is 0 Å². The Labute approximate surface area is 140 Å². The molecule has 1 aliphatic carbocycles. The standard InChI is InChI=1S/C16H20N2O5S/c17-24(21,22)12-5-3-11(4-6-12)10-18-15(20)13-9-14(19)23-16(13)7-1-2-8-16/h3-6,13H,1-2,7-10H2,(H,18,20)(H2,17,21,22). The molecule has 1 unspecified atom stereocenters. The number of sulfonamides is 1. The van der Waals surface area contributed by atoms with Gasteiger partial charge in [-0.25, -0.2) is 13.6 Å². The third-order valence-corrected chi connectivity index (χ3v) is 5.74. The van der Waals surface area contributed by atoms with E-state index in [1.165, 1.54) is 12.1 Å². The zero-order chi connectivity index (χ0) is 17.4. The van der Waals surface area contributed by atoms with Crippen molar-refractivity contribution < 1.29 is 22.7 Å². The molecule has 1 heterocycles. The van der Waals surface area contributed by atoms with Crippen LogP contribution in [-0.4, -0.2) is 25.9 Å². The average molecular weight is 352 g/mol. The molecule has 1 aromatic carbocycles. The van der Waals surface area contributed by atoms with Crippen molar-refractivity contribution >= 4 is 21.9 Å². The lowest BCUT2D eigenvalue weighted by molar-refractivity contribution is -0.150. The number of hydrogen-bond donors (Lipinski definition) is 2. The molecule has 3 rings (SSSR count). The molecule has 1 saturated carbocycles. The maximum Gasteiger partial charge on any atom is 0.307 e. The lowest BCUT2D eigenvalue weighted by atomic mass is 9.85. The van der Waals surface area contributed by atoms with Crippen LogP contribution in [0.15, 0.2) is 29.2 Å². The van der Waals surface area contributed by atoms with Gasteiger partial charge in [-0.3, -0.25) is 9.59 Å². The van der Waals surface area contributed by atoms with Crippen LogP contribution >= 0.6 is 0 Å². The van der Waals surface area contributed by atoms with Crippen molar-refractivity contribution in [3.05, 3.63) is 29.8 Å². The van der Waals surface area contributed by atoms with Crippen LogP contribution in [0.2, 0.25) is 0 Å². The molecular formula is C16H20N2O5S. The van der Waals surface area contributed by atoms with E-state index in [-0.39, 0.29) is 29.7 Å². The summed E-state index contributed by atoms with van der Waals surface area (Å²) in [5, 5.41) is 7.87. The molecule has 1 atom stereocenters. The van der Waals surface area contributed by atoms with Crippen molar-refractivity contribution in [2.24, 2.45) is 11.1 Å². The van der Waals surface area contributed by atoms with E-state index in [0.29, 0.717) is 0 Å². The van der Waals surface area contributed by atoms with Gasteiger partial charge in [0.15, 0.2) is 0 Å². The second-order valence-corrected chi connectivity index (χ2v) is 7.97. The van der Waals surface area contributed by atoms with Crippen LogP contribution < -0.4 is 10.5 Å². The Balaban J connectivity index is 1.64. The molecule has 0 bridgehead atoms. The van der Waals surface area contributed by atoms with Gasteiger partial charge in [0, 0.05) is 6.54 Å². The molecule has 2 fully saturated rings. The van der Waals surface area contributed by atoms with E-state index in [2.05, 4.69) is 5.32 Å². The molecule has 2 aliphatic rings. The third-order valence-electron chi connectivity index (χ3n) is 4.81. The minimum absolute atomic E-state index is 0.0253. The summed E-state index contributed by atoms with van der Waals surface area (Å²) in [7, 11) is -3.73. The van der Waals surface area contributed by atoms with E-state index in [4.69, 9.17) is 9.88 Å². The molecule has 0 aromatic heterocycles. The van der Waals surface area contributed by atoms with Crippen LogP contribution in [-0.2, 0) is 30.9 Å². The Morgan fingerprint density at radius 2 is 1.88 bits per heavy atom. The third kappa shape index (κ3) is 3.29. The molecule has 24 heavy (non-hydrogen) atoms. The zero-order valence-corrected chi connectivity index (χ0v) is 14.0. The first-order chi connectivity index (χ1) is 11.3. The topological polar surface area (TPSA) is 116 Å².